The van der Waals surface area contributed by atoms with Crippen LogP contribution in [0.2, 0.25) is 5.02 Å². The van der Waals surface area contributed by atoms with E-state index >= 15 is 0 Å². The molecule has 5 heteroatoms. The molecular formula is C26H26ClN3O. The first kappa shape index (κ1) is 20.0. The maximum Gasteiger partial charge on any atom is 0.251 e. The Morgan fingerprint density at radius 2 is 1.77 bits per heavy atom. The normalized spacial score (nSPS) is 13.3. The van der Waals surface area contributed by atoms with Gasteiger partial charge in [0, 0.05) is 42.3 Å². The Bertz CT molecular complexity index is 1380. The molecule has 3 heterocycles. The number of nitrogens with zero attached hydrogens (tertiary/aromatic N) is 3. The predicted octanol–water partition coefficient (Wildman–Crippen LogP) is 5.99. The molecule has 1 aliphatic rings. The summed E-state index contributed by atoms with van der Waals surface area (Å²) in [5.41, 5.74) is 8.84. The smallest absolute Gasteiger partial charge is 0.251 e. The third-order valence-corrected chi connectivity index (χ3v) is 6.90. The maximum absolute atomic E-state index is 12.4. The summed E-state index contributed by atoms with van der Waals surface area (Å²) >= 11 is 6.18. The molecular weight excluding hydrogens is 406 g/mol. The summed E-state index contributed by atoms with van der Waals surface area (Å²) in [7, 11) is 1.85. The number of rotatable bonds is 3. The number of benzene rings is 2. The zero-order chi connectivity index (χ0) is 21.9. The van der Waals surface area contributed by atoms with Crippen LogP contribution in [0.5, 0.6) is 0 Å². The molecule has 0 aliphatic carbocycles. The standard InChI is InChI=1S/C26H26ClN3O/c1-5-20-17(3)25-26-21(24(20)18-9-11-19(27)12-10-18)15-16(2)29(26)13-14-30(25)22-7-6-8-23(31)28(22)4/h6-12,15H,5,13-14H2,1-4H3. The summed E-state index contributed by atoms with van der Waals surface area (Å²) in [6.07, 6.45) is 0.929. The second kappa shape index (κ2) is 7.31. The predicted molar refractivity (Wildman–Crippen MR) is 130 cm³/mol. The molecule has 0 atom stereocenters. The molecule has 0 radical (unpaired) electrons. The van der Waals surface area contributed by atoms with Gasteiger partial charge in [-0.2, -0.15) is 0 Å². The monoisotopic (exact) mass is 431 g/mol. The molecule has 5 rings (SSSR count). The second-order valence-electron chi connectivity index (χ2n) is 8.32. The van der Waals surface area contributed by atoms with Gasteiger partial charge in [-0.1, -0.05) is 36.7 Å². The van der Waals surface area contributed by atoms with Gasteiger partial charge in [-0.3, -0.25) is 9.36 Å². The summed E-state index contributed by atoms with van der Waals surface area (Å²) in [6.45, 7) is 8.34. The van der Waals surface area contributed by atoms with Gasteiger partial charge in [0.25, 0.3) is 5.56 Å². The van der Waals surface area contributed by atoms with Crippen molar-refractivity contribution in [1.29, 1.82) is 0 Å². The molecule has 2 aromatic carbocycles. The molecule has 0 saturated heterocycles. The van der Waals surface area contributed by atoms with Crippen molar-refractivity contribution >= 4 is 34.0 Å². The first-order chi connectivity index (χ1) is 14.9. The number of aryl methyl sites for hydroxylation is 1. The van der Waals surface area contributed by atoms with Gasteiger partial charge in [0.1, 0.15) is 5.82 Å². The van der Waals surface area contributed by atoms with Crippen molar-refractivity contribution in [3.8, 4) is 11.1 Å². The van der Waals surface area contributed by atoms with Gasteiger partial charge in [-0.05, 0) is 66.8 Å². The summed E-state index contributed by atoms with van der Waals surface area (Å²) in [5.74, 6) is 0.934. The quantitative estimate of drug-likeness (QED) is 0.398. The lowest BCUT2D eigenvalue weighted by atomic mass is 9.89. The fourth-order valence-corrected chi connectivity index (χ4v) is 5.29. The van der Waals surface area contributed by atoms with E-state index in [0.29, 0.717) is 0 Å². The minimum Gasteiger partial charge on any atom is -0.341 e. The first-order valence-electron chi connectivity index (χ1n) is 10.8. The lowest BCUT2D eigenvalue weighted by Crippen LogP contribution is -2.33. The van der Waals surface area contributed by atoms with Crippen molar-refractivity contribution in [2.75, 3.05) is 11.4 Å². The second-order valence-corrected chi connectivity index (χ2v) is 8.76. The van der Waals surface area contributed by atoms with Crippen molar-refractivity contribution < 1.29 is 0 Å². The van der Waals surface area contributed by atoms with Crippen LogP contribution in [-0.4, -0.2) is 15.7 Å². The number of aromatic nitrogens is 2. The highest BCUT2D eigenvalue weighted by Crippen LogP contribution is 2.46. The molecule has 0 amide bonds. The van der Waals surface area contributed by atoms with E-state index in [0.717, 1.165) is 30.4 Å². The Labute approximate surface area is 187 Å². The van der Waals surface area contributed by atoms with Crippen molar-refractivity contribution in [3.63, 3.8) is 0 Å². The molecule has 0 fully saturated rings. The lowest BCUT2D eigenvalue weighted by molar-refractivity contribution is 0.667. The Balaban J connectivity index is 1.88. The number of anilines is 2. The molecule has 0 saturated carbocycles. The SMILES string of the molecule is CCc1c(C)c2c3c(cc(C)n3CCN2c2cccc(=O)n2C)c1-c1ccc(Cl)cc1. The van der Waals surface area contributed by atoms with E-state index in [2.05, 4.69) is 48.4 Å². The van der Waals surface area contributed by atoms with E-state index in [9.17, 15) is 4.79 Å². The van der Waals surface area contributed by atoms with Gasteiger partial charge in [0.2, 0.25) is 0 Å². The van der Waals surface area contributed by atoms with E-state index in [-0.39, 0.29) is 5.56 Å². The van der Waals surface area contributed by atoms with Crippen LogP contribution < -0.4 is 10.5 Å². The van der Waals surface area contributed by atoms with Crippen LogP contribution in [0.1, 0.15) is 23.7 Å². The topological polar surface area (TPSA) is 30.2 Å². The average molecular weight is 432 g/mol. The van der Waals surface area contributed by atoms with Crippen LogP contribution in [0.25, 0.3) is 22.0 Å². The van der Waals surface area contributed by atoms with Crippen LogP contribution >= 0.6 is 11.6 Å². The molecule has 0 bridgehead atoms. The molecule has 0 spiro atoms. The zero-order valence-corrected chi connectivity index (χ0v) is 19.1. The Kier molecular flexibility index (Phi) is 4.71. The van der Waals surface area contributed by atoms with Crippen LogP contribution in [0.15, 0.2) is 53.3 Å². The van der Waals surface area contributed by atoms with Gasteiger partial charge in [0.15, 0.2) is 0 Å². The van der Waals surface area contributed by atoms with Crippen molar-refractivity contribution in [2.45, 2.75) is 33.7 Å². The van der Waals surface area contributed by atoms with Crippen LogP contribution in [0.4, 0.5) is 11.5 Å². The van der Waals surface area contributed by atoms with Gasteiger partial charge < -0.3 is 9.47 Å². The highest BCUT2D eigenvalue weighted by molar-refractivity contribution is 6.30. The van der Waals surface area contributed by atoms with E-state index in [4.69, 9.17) is 11.6 Å². The summed E-state index contributed by atoms with van der Waals surface area (Å²) in [4.78, 5) is 14.7. The van der Waals surface area contributed by atoms with Gasteiger partial charge in [-0.15, -0.1) is 0 Å². The zero-order valence-electron chi connectivity index (χ0n) is 18.4. The largest absolute Gasteiger partial charge is 0.341 e. The Morgan fingerprint density at radius 3 is 2.48 bits per heavy atom. The fourth-order valence-electron chi connectivity index (χ4n) is 5.17. The third kappa shape index (κ3) is 2.93. The van der Waals surface area contributed by atoms with Crippen LogP contribution in [-0.2, 0) is 20.0 Å². The van der Waals surface area contributed by atoms with Crippen molar-refractivity contribution in [2.24, 2.45) is 7.05 Å². The minimum atomic E-state index is 0.0111. The Hall–Kier alpha value is -2.98. The van der Waals surface area contributed by atoms with Crippen molar-refractivity contribution in [3.05, 3.63) is 80.7 Å². The molecule has 4 nitrogen and oxygen atoms in total. The van der Waals surface area contributed by atoms with Gasteiger partial charge in [0.05, 0.1) is 11.2 Å². The van der Waals surface area contributed by atoms with E-state index < -0.39 is 0 Å². The molecule has 158 valence electrons. The molecule has 31 heavy (non-hydrogen) atoms. The van der Waals surface area contributed by atoms with E-state index in [1.807, 2.05) is 31.3 Å². The van der Waals surface area contributed by atoms with Gasteiger partial charge >= 0.3 is 0 Å². The van der Waals surface area contributed by atoms with Crippen molar-refractivity contribution in [1.82, 2.24) is 9.13 Å². The first-order valence-corrected chi connectivity index (χ1v) is 11.1. The average Bonchev–Trinajstić information content (AvgIpc) is 3.10. The molecule has 2 aromatic heterocycles. The number of hydrogen-bond acceptors (Lipinski definition) is 2. The number of hydrogen-bond donors (Lipinski definition) is 0. The minimum absolute atomic E-state index is 0.0111. The summed E-state index contributed by atoms with van der Waals surface area (Å²) < 4.78 is 4.17. The third-order valence-electron chi connectivity index (χ3n) is 6.65. The fraction of sp³-hybridized carbons (Fsp3) is 0.269. The molecule has 1 aliphatic heterocycles. The summed E-state index contributed by atoms with van der Waals surface area (Å²) in [6, 6.07) is 16.0. The highest BCUT2D eigenvalue weighted by atomic mass is 35.5. The molecule has 0 N–H and O–H groups in total. The number of halogens is 1. The Morgan fingerprint density at radius 1 is 1.03 bits per heavy atom. The summed E-state index contributed by atoms with van der Waals surface area (Å²) in [5, 5.41) is 2.01. The van der Waals surface area contributed by atoms with E-state index in [1.54, 1.807) is 10.6 Å². The maximum atomic E-state index is 12.4. The molecule has 4 aromatic rings. The highest BCUT2D eigenvalue weighted by Gasteiger charge is 2.29. The number of pyridine rings is 1. The molecule has 0 unspecified atom stereocenters. The van der Waals surface area contributed by atoms with Crippen LogP contribution in [0, 0.1) is 13.8 Å². The lowest BCUT2D eigenvalue weighted by Gasteiger charge is -2.35. The van der Waals surface area contributed by atoms with Gasteiger partial charge in [-0.25, -0.2) is 0 Å². The van der Waals surface area contributed by atoms with Crippen LogP contribution in [0.3, 0.4) is 0 Å². The van der Waals surface area contributed by atoms with E-state index in [1.165, 1.54) is 44.5 Å².